The summed E-state index contributed by atoms with van der Waals surface area (Å²) in [5.74, 6) is -0.824. The number of hydrogen-bond acceptors (Lipinski definition) is 2. The van der Waals surface area contributed by atoms with E-state index in [1.165, 1.54) is 0 Å². The summed E-state index contributed by atoms with van der Waals surface area (Å²) < 4.78 is 0. The molecule has 1 aromatic rings. The number of nitrogens with zero attached hydrogens (tertiary/aromatic N) is 1. The Kier molecular flexibility index (Phi) is 4.21. The zero-order chi connectivity index (χ0) is 15.6. The minimum absolute atomic E-state index is 0.00809. The first-order valence-corrected chi connectivity index (χ1v) is 7.22. The lowest BCUT2D eigenvalue weighted by Gasteiger charge is -2.28. The van der Waals surface area contributed by atoms with Crippen molar-refractivity contribution in [3.8, 4) is 0 Å². The molecule has 1 unspecified atom stereocenters. The number of carbonyl (C=O) groups excluding carboxylic acids is 1. The number of carboxylic acid groups (broad SMARTS) is 1. The van der Waals surface area contributed by atoms with Gasteiger partial charge in [0, 0.05) is 18.8 Å². The molecule has 0 radical (unpaired) electrons. The van der Waals surface area contributed by atoms with Crippen LogP contribution in [-0.4, -0.2) is 35.1 Å². The Morgan fingerprint density at radius 1 is 1.33 bits per heavy atom. The third-order valence-corrected chi connectivity index (χ3v) is 4.51. The fourth-order valence-corrected chi connectivity index (χ4v) is 2.81. The highest BCUT2D eigenvalue weighted by Crippen LogP contribution is 2.38. The lowest BCUT2D eigenvalue weighted by Crippen LogP contribution is -2.41. The average Bonchev–Trinajstić information content (AvgIpc) is 2.88. The van der Waals surface area contributed by atoms with E-state index >= 15 is 0 Å². The van der Waals surface area contributed by atoms with Crippen LogP contribution in [0.2, 0.25) is 0 Å². The van der Waals surface area contributed by atoms with Gasteiger partial charge < -0.3 is 15.3 Å². The minimum atomic E-state index is -0.830. The number of nitrogens with one attached hydrogen (secondary N) is 1. The van der Waals surface area contributed by atoms with E-state index in [2.05, 4.69) is 5.32 Å². The van der Waals surface area contributed by atoms with Gasteiger partial charge in [-0.3, -0.25) is 4.79 Å². The van der Waals surface area contributed by atoms with Gasteiger partial charge in [0.2, 0.25) is 0 Å². The highest BCUT2D eigenvalue weighted by molar-refractivity contribution is 5.91. The molecule has 21 heavy (non-hydrogen) atoms. The largest absolute Gasteiger partial charge is 0.481 e. The Morgan fingerprint density at radius 2 is 2.00 bits per heavy atom. The van der Waals surface area contributed by atoms with Gasteiger partial charge in [-0.15, -0.1) is 0 Å². The summed E-state index contributed by atoms with van der Waals surface area (Å²) in [6.45, 7) is 6.46. The Balaban J connectivity index is 2.09. The van der Waals surface area contributed by atoms with Crippen molar-refractivity contribution >= 4 is 17.7 Å². The quantitative estimate of drug-likeness (QED) is 0.899. The van der Waals surface area contributed by atoms with E-state index in [0.29, 0.717) is 13.0 Å². The number of para-hydroxylation sites is 1. The molecule has 1 aromatic carbocycles. The topological polar surface area (TPSA) is 69.6 Å². The second-order valence-corrected chi connectivity index (χ2v) is 6.03. The van der Waals surface area contributed by atoms with Crippen LogP contribution >= 0.6 is 0 Å². The van der Waals surface area contributed by atoms with E-state index in [9.17, 15) is 14.7 Å². The Morgan fingerprint density at radius 3 is 2.52 bits per heavy atom. The van der Waals surface area contributed by atoms with Gasteiger partial charge in [-0.05, 0) is 30.9 Å². The number of hydrogen-bond donors (Lipinski definition) is 2. The van der Waals surface area contributed by atoms with E-state index in [1.807, 2.05) is 45.0 Å². The van der Waals surface area contributed by atoms with E-state index in [-0.39, 0.29) is 18.5 Å². The highest BCUT2D eigenvalue weighted by atomic mass is 16.4. The molecule has 0 spiro atoms. The molecule has 5 heteroatoms. The normalized spacial score (nSPS) is 21.6. The van der Waals surface area contributed by atoms with E-state index in [0.717, 1.165) is 11.3 Å². The zero-order valence-corrected chi connectivity index (χ0v) is 12.7. The van der Waals surface area contributed by atoms with Gasteiger partial charge >= 0.3 is 12.0 Å². The van der Waals surface area contributed by atoms with Crippen molar-refractivity contribution in [1.29, 1.82) is 0 Å². The van der Waals surface area contributed by atoms with E-state index < -0.39 is 11.4 Å². The molecule has 0 bridgehead atoms. The monoisotopic (exact) mass is 290 g/mol. The molecule has 1 aliphatic rings. The van der Waals surface area contributed by atoms with Crippen LogP contribution in [0.5, 0.6) is 0 Å². The fraction of sp³-hybridized carbons (Fsp3) is 0.500. The number of likely N-dealkylation sites (tertiary alicyclic amines) is 1. The van der Waals surface area contributed by atoms with Crippen LogP contribution in [0.25, 0.3) is 0 Å². The molecule has 1 atom stereocenters. The highest BCUT2D eigenvalue weighted by Gasteiger charge is 2.48. The Labute approximate surface area is 125 Å². The maximum absolute atomic E-state index is 12.3. The molecule has 2 rings (SSSR count). The number of amides is 2. The SMILES string of the molecule is Cc1ccccc1NC(=O)N1CCC(C(=O)O)(C(C)C)C1. The molecular formula is C16H22N2O3. The smallest absolute Gasteiger partial charge is 0.321 e. The van der Waals surface area contributed by atoms with E-state index in [4.69, 9.17) is 0 Å². The van der Waals surface area contributed by atoms with Gasteiger partial charge in [0.15, 0.2) is 0 Å². The predicted molar refractivity (Wildman–Crippen MR) is 81.3 cm³/mol. The molecule has 0 aliphatic carbocycles. The van der Waals surface area contributed by atoms with Crippen LogP contribution in [0, 0.1) is 18.3 Å². The maximum Gasteiger partial charge on any atom is 0.321 e. The molecule has 5 nitrogen and oxygen atoms in total. The van der Waals surface area contributed by atoms with Crippen molar-refractivity contribution in [2.45, 2.75) is 27.2 Å². The first-order valence-electron chi connectivity index (χ1n) is 7.22. The van der Waals surface area contributed by atoms with Gasteiger partial charge in [-0.2, -0.15) is 0 Å². The van der Waals surface area contributed by atoms with Crippen molar-refractivity contribution in [1.82, 2.24) is 4.90 Å². The summed E-state index contributed by atoms with van der Waals surface area (Å²) >= 11 is 0. The van der Waals surface area contributed by atoms with Crippen LogP contribution in [0.15, 0.2) is 24.3 Å². The number of urea groups is 1. The number of aliphatic carboxylic acids is 1. The van der Waals surface area contributed by atoms with Crippen molar-refractivity contribution in [2.24, 2.45) is 11.3 Å². The van der Waals surface area contributed by atoms with Crippen molar-refractivity contribution in [2.75, 3.05) is 18.4 Å². The number of carboxylic acids is 1. The number of anilines is 1. The van der Waals surface area contributed by atoms with Gasteiger partial charge in [0.1, 0.15) is 0 Å². The maximum atomic E-state index is 12.3. The van der Waals surface area contributed by atoms with Gasteiger partial charge in [0.25, 0.3) is 0 Å². The van der Waals surface area contributed by atoms with Crippen molar-refractivity contribution in [3.63, 3.8) is 0 Å². The lowest BCUT2D eigenvalue weighted by molar-refractivity contribution is -0.150. The lowest BCUT2D eigenvalue weighted by atomic mass is 9.76. The zero-order valence-electron chi connectivity index (χ0n) is 12.7. The summed E-state index contributed by atoms with van der Waals surface area (Å²) in [4.78, 5) is 25.5. The summed E-state index contributed by atoms with van der Waals surface area (Å²) in [6.07, 6.45) is 0.501. The fourth-order valence-electron chi connectivity index (χ4n) is 2.81. The number of benzene rings is 1. The summed E-state index contributed by atoms with van der Waals surface area (Å²) in [6, 6.07) is 7.32. The first-order chi connectivity index (χ1) is 9.86. The molecule has 2 N–H and O–H groups in total. The van der Waals surface area contributed by atoms with Crippen LogP contribution in [0.3, 0.4) is 0 Å². The predicted octanol–water partition coefficient (Wildman–Crippen LogP) is 2.96. The van der Waals surface area contributed by atoms with Gasteiger partial charge in [-0.25, -0.2) is 4.79 Å². The summed E-state index contributed by atoms with van der Waals surface area (Å²) in [5.41, 5.74) is 0.918. The molecule has 0 saturated carbocycles. The second kappa shape index (κ2) is 5.76. The minimum Gasteiger partial charge on any atom is -0.481 e. The number of carbonyl (C=O) groups is 2. The third-order valence-electron chi connectivity index (χ3n) is 4.51. The van der Waals surface area contributed by atoms with E-state index in [1.54, 1.807) is 4.90 Å². The van der Waals surface area contributed by atoms with Gasteiger partial charge in [-0.1, -0.05) is 32.0 Å². The molecule has 1 heterocycles. The van der Waals surface area contributed by atoms with Crippen LogP contribution in [-0.2, 0) is 4.79 Å². The van der Waals surface area contributed by atoms with Crippen molar-refractivity contribution in [3.05, 3.63) is 29.8 Å². The third kappa shape index (κ3) is 2.86. The Bertz CT molecular complexity index is 556. The number of aryl methyl sites for hydroxylation is 1. The standard InChI is InChI=1S/C16H22N2O3/c1-11(2)16(14(19)20)8-9-18(10-16)15(21)17-13-7-5-4-6-12(13)3/h4-7,11H,8-10H2,1-3H3,(H,17,21)(H,19,20). The average molecular weight is 290 g/mol. The van der Waals surface area contributed by atoms with Crippen LogP contribution < -0.4 is 5.32 Å². The first kappa shape index (κ1) is 15.4. The summed E-state index contributed by atoms with van der Waals surface area (Å²) in [7, 11) is 0. The summed E-state index contributed by atoms with van der Waals surface area (Å²) in [5, 5.41) is 12.4. The second-order valence-electron chi connectivity index (χ2n) is 6.03. The molecule has 1 fully saturated rings. The van der Waals surface area contributed by atoms with Crippen LogP contribution in [0.1, 0.15) is 25.8 Å². The molecule has 114 valence electrons. The molecule has 1 aliphatic heterocycles. The molecule has 1 saturated heterocycles. The van der Waals surface area contributed by atoms with Gasteiger partial charge in [0.05, 0.1) is 5.41 Å². The Hall–Kier alpha value is -2.04. The molecule has 0 aromatic heterocycles. The van der Waals surface area contributed by atoms with Crippen LogP contribution in [0.4, 0.5) is 10.5 Å². The number of rotatable bonds is 3. The molecule has 2 amide bonds. The molecular weight excluding hydrogens is 268 g/mol. The van der Waals surface area contributed by atoms with Crippen molar-refractivity contribution < 1.29 is 14.7 Å².